The summed E-state index contributed by atoms with van der Waals surface area (Å²) in [5.74, 6) is -0.788. The molecule has 3 rings (SSSR count). The zero-order valence-electron chi connectivity index (χ0n) is 19.5. The molecule has 3 heterocycles. The van der Waals surface area contributed by atoms with Crippen molar-refractivity contribution in [2.75, 3.05) is 69.9 Å². The summed E-state index contributed by atoms with van der Waals surface area (Å²) in [5.41, 5.74) is 0.586. The average Bonchev–Trinajstić information content (AvgIpc) is 3.16. The number of hydrogen-bond acceptors (Lipinski definition) is 11. The number of carbonyl (C=O) groups excluding carboxylic acids is 3. The van der Waals surface area contributed by atoms with E-state index in [2.05, 4.69) is 20.2 Å². The van der Waals surface area contributed by atoms with Crippen LogP contribution >= 0.6 is 11.3 Å². The van der Waals surface area contributed by atoms with E-state index in [1.807, 2.05) is 4.90 Å². The normalized spacial score (nSPS) is 14.0. The molecule has 0 spiro atoms. The molecule has 1 saturated heterocycles. The van der Waals surface area contributed by atoms with Gasteiger partial charge in [-0.15, -0.1) is 11.3 Å². The van der Waals surface area contributed by atoms with Crippen molar-refractivity contribution in [1.82, 2.24) is 14.9 Å². The molecule has 1 amide bonds. The summed E-state index contributed by atoms with van der Waals surface area (Å²) in [6.07, 6.45) is 3.40. The number of piperazine rings is 1. The molecule has 0 aromatic carbocycles. The van der Waals surface area contributed by atoms with Crippen molar-refractivity contribution in [3.63, 3.8) is 0 Å². The molecule has 11 nitrogen and oxygen atoms in total. The van der Waals surface area contributed by atoms with Gasteiger partial charge in [0.15, 0.2) is 0 Å². The summed E-state index contributed by atoms with van der Waals surface area (Å²) in [6, 6.07) is 1.77. The lowest BCUT2D eigenvalue weighted by Crippen LogP contribution is -2.49. The topological polar surface area (TPSA) is 123 Å². The van der Waals surface area contributed by atoms with E-state index in [1.54, 1.807) is 32.3 Å². The molecule has 34 heavy (non-hydrogen) atoms. The van der Waals surface area contributed by atoms with E-state index >= 15 is 0 Å². The van der Waals surface area contributed by atoms with Gasteiger partial charge in [0.2, 0.25) is 11.9 Å². The number of thiophene rings is 1. The second kappa shape index (κ2) is 12.4. The Balaban J connectivity index is 1.65. The molecule has 1 fully saturated rings. The lowest BCUT2D eigenvalue weighted by molar-refractivity contribution is -0.117. The fourth-order valence-electron chi connectivity index (χ4n) is 3.46. The monoisotopic (exact) mass is 491 g/mol. The Hall–Kier alpha value is -3.09. The summed E-state index contributed by atoms with van der Waals surface area (Å²) >= 11 is 1.00. The molecule has 12 heteroatoms. The molecule has 1 aliphatic rings. The Morgan fingerprint density at radius 2 is 1.76 bits per heavy atom. The Kier molecular flexibility index (Phi) is 9.31. The van der Waals surface area contributed by atoms with Gasteiger partial charge in [-0.25, -0.2) is 19.6 Å². The molecule has 184 valence electrons. The second-order valence-corrected chi connectivity index (χ2v) is 8.49. The Morgan fingerprint density at radius 1 is 1.06 bits per heavy atom. The molecule has 0 saturated carbocycles. The van der Waals surface area contributed by atoms with Crippen LogP contribution < -0.4 is 10.2 Å². The highest BCUT2D eigenvalue weighted by Crippen LogP contribution is 2.34. The zero-order valence-corrected chi connectivity index (χ0v) is 20.4. The van der Waals surface area contributed by atoms with E-state index in [9.17, 15) is 14.4 Å². The number of nitrogens with one attached hydrogen (secondary N) is 1. The van der Waals surface area contributed by atoms with E-state index in [1.165, 1.54) is 7.11 Å². The lowest BCUT2D eigenvalue weighted by atomic mass is 10.1. The van der Waals surface area contributed by atoms with Crippen molar-refractivity contribution in [2.45, 2.75) is 13.8 Å². The summed E-state index contributed by atoms with van der Waals surface area (Å²) in [4.78, 5) is 50.7. The maximum Gasteiger partial charge on any atom is 0.348 e. The fraction of sp³-hybridized carbons (Fsp3) is 0.500. The van der Waals surface area contributed by atoms with Crippen molar-refractivity contribution < 1.29 is 28.6 Å². The number of aromatic nitrogens is 2. The van der Waals surface area contributed by atoms with Crippen molar-refractivity contribution in [3.8, 4) is 0 Å². The summed E-state index contributed by atoms with van der Waals surface area (Å²) in [5, 5.41) is 3.06. The molecule has 1 N–H and O–H groups in total. The molecule has 2 aromatic heterocycles. The minimum absolute atomic E-state index is 0.0864. The highest BCUT2D eigenvalue weighted by molar-refractivity contribution is 7.18. The van der Waals surface area contributed by atoms with Crippen LogP contribution in [0.3, 0.4) is 0 Å². The lowest BCUT2D eigenvalue weighted by Gasteiger charge is -2.34. The Bertz CT molecular complexity index is 991. The maximum absolute atomic E-state index is 12.8. The summed E-state index contributed by atoms with van der Waals surface area (Å²) in [6.45, 7) is 6.71. The third kappa shape index (κ3) is 6.49. The molecule has 0 radical (unpaired) electrons. The van der Waals surface area contributed by atoms with Crippen LogP contribution in [0.1, 0.15) is 32.5 Å². The van der Waals surface area contributed by atoms with Gasteiger partial charge in [0.25, 0.3) is 0 Å². The molecular weight excluding hydrogens is 462 g/mol. The first-order valence-corrected chi connectivity index (χ1v) is 11.8. The molecule has 1 aliphatic heterocycles. The standard InChI is InChI=1S/C22H29N5O6S/c1-4-32-20(29)17-15(2)18(21(30)33-13-12-31-3)34-19(17)25-16(28)14-26-8-10-27(11-9-26)22-23-6-5-7-24-22/h5-7H,4,8-14H2,1-3H3,(H,25,28). The SMILES string of the molecule is CCOC(=O)c1c(NC(=O)CN2CCN(c3ncccn3)CC2)sc(C(=O)OCCOC)c1C. The Labute approximate surface area is 202 Å². The number of anilines is 2. The smallest absolute Gasteiger partial charge is 0.348 e. The predicted octanol–water partition coefficient (Wildman–Crippen LogP) is 1.59. The minimum Gasteiger partial charge on any atom is -0.462 e. The van der Waals surface area contributed by atoms with Crippen molar-refractivity contribution in [3.05, 3.63) is 34.5 Å². The molecular formula is C22H29N5O6S. The number of rotatable bonds is 10. The van der Waals surface area contributed by atoms with Crippen molar-refractivity contribution in [1.29, 1.82) is 0 Å². The number of nitrogens with zero attached hydrogens (tertiary/aromatic N) is 4. The van der Waals surface area contributed by atoms with Gasteiger partial charge < -0.3 is 24.4 Å². The number of hydrogen-bond donors (Lipinski definition) is 1. The number of esters is 2. The number of methoxy groups -OCH3 is 1. The first kappa shape index (κ1) is 25.5. The maximum atomic E-state index is 12.8. The fourth-order valence-corrected chi connectivity index (χ4v) is 4.56. The van der Waals surface area contributed by atoms with Crippen LogP contribution in [0.4, 0.5) is 10.9 Å². The highest BCUT2D eigenvalue weighted by atomic mass is 32.1. The van der Waals surface area contributed by atoms with Crippen molar-refractivity contribution in [2.24, 2.45) is 0 Å². The van der Waals surface area contributed by atoms with Gasteiger partial charge in [-0.05, 0) is 25.5 Å². The predicted molar refractivity (Wildman–Crippen MR) is 126 cm³/mol. The van der Waals surface area contributed by atoms with Crippen LogP contribution in [0.25, 0.3) is 0 Å². The number of amides is 1. The van der Waals surface area contributed by atoms with Gasteiger partial charge in [0, 0.05) is 45.7 Å². The van der Waals surface area contributed by atoms with Gasteiger partial charge in [-0.2, -0.15) is 0 Å². The first-order chi connectivity index (χ1) is 16.4. The summed E-state index contributed by atoms with van der Waals surface area (Å²) in [7, 11) is 1.51. The summed E-state index contributed by atoms with van der Waals surface area (Å²) < 4.78 is 15.2. The van der Waals surface area contributed by atoms with Gasteiger partial charge in [0.05, 0.1) is 25.3 Å². The Morgan fingerprint density at radius 3 is 2.41 bits per heavy atom. The molecule has 0 unspecified atom stereocenters. The van der Waals surface area contributed by atoms with Gasteiger partial charge in [0.1, 0.15) is 16.5 Å². The van der Waals surface area contributed by atoms with E-state index in [-0.39, 0.29) is 47.7 Å². The van der Waals surface area contributed by atoms with E-state index in [0.29, 0.717) is 37.7 Å². The average molecular weight is 492 g/mol. The van der Waals surface area contributed by atoms with Crippen LogP contribution in [0.5, 0.6) is 0 Å². The molecule has 0 bridgehead atoms. The molecule has 0 aliphatic carbocycles. The van der Waals surface area contributed by atoms with Crippen LogP contribution in [-0.4, -0.2) is 92.4 Å². The van der Waals surface area contributed by atoms with Gasteiger partial charge >= 0.3 is 11.9 Å². The van der Waals surface area contributed by atoms with Gasteiger partial charge in [-0.3, -0.25) is 9.69 Å². The molecule has 2 aromatic rings. The number of carbonyl (C=O) groups is 3. The largest absolute Gasteiger partial charge is 0.462 e. The third-order valence-corrected chi connectivity index (χ3v) is 6.35. The van der Waals surface area contributed by atoms with E-state index < -0.39 is 11.9 Å². The van der Waals surface area contributed by atoms with Crippen molar-refractivity contribution >= 4 is 40.1 Å². The van der Waals surface area contributed by atoms with Crippen LogP contribution in [0, 0.1) is 6.92 Å². The van der Waals surface area contributed by atoms with E-state index in [0.717, 1.165) is 11.3 Å². The second-order valence-electron chi connectivity index (χ2n) is 7.47. The zero-order chi connectivity index (χ0) is 24.5. The van der Waals surface area contributed by atoms with Crippen LogP contribution in [0.15, 0.2) is 18.5 Å². The minimum atomic E-state index is -0.598. The number of ether oxygens (including phenoxy) is 3. The first-order valence-electron chi connectivity index (χ1n) is 10.9. The molecule has 0 atom stereocenters. The highest BCUT2D eigenvalue weighted by Gasteiger charge is 2.28. The van der Waals surface area contributed by atoms with Gasteiger partial charge in [-0.1, -0.05) is 0 Å². The van der Waals surface area contributed by atoms with E-state index in [4.69, 9.17) is 14.2 Å². The van der Waals surface area contributed by atoms with Crippen LogP contribution in [-0.2, 0) is 19.0 Å². The quantitative estimate of drug-likeness (QED) is 0.387. The third-order valence-electron chi connectivity index (χ3n) is 5.16. The van der Waals surface area contributed by atoms with Crippen LogP contribution in [0.2, 0.25) is 0 Å².